The van der Waals surface area contributed by atoms with Crippen LogP contribution in [-0.2, 0) is 20.2 Å². The van der Waals surface area contributed by atoms with Gasteiger partial charge in [-0.1, -0.05) is 36.4 Å². The number of nitrogens with zero attached hydrogens (tertiary/aromatic N) is 1. The van der Waals surface area contributed by atoms with Gasteiger partial charge >= 0.3 is 0 Å². The fraction of sp³-hybridized carbons (Fsp3) is 0.455. The second-order valence-corrected chi connectivity index (χ2v) is 6.45. The van der Waals surface area contributed by atoms with Gasteiger partial charge in [-0.15, -0.1) is 0 Å². The molecule has 0 fully saturated rings. The van der Waals surface area contributed by atoms with Crippen LogP contribution in [0.1, 0.15) is 20.8 Å². The summed E-state index contributed by atoms with van der Waals surface area (Å²) in [6, 6.07) is 17.2. The zero-order valence-electron chi connectivity index (χ0n) is 17.2. The van der Waals surface area contributed by atoms with Crippen molar-refractivity contribution in [1.82, 2.24) is 4.57 Å². The second-order valence-electron chi connectivity index (χ2n) is 5.57. The Bertz CT molecular complexity index is 696. The number of para-hydroxylation sites is 2. The van der Waals surface area contributed by atoms with Gasteiger partial charge in [0.05, 0.1) is 6.61 Å². The fourth-order valence-corrected chi connectivity index (χ4v) is 3.06. The van der Waals surface area contributed by atoms with Crippen molar-refractivity contribution in [2.75, 3.05) is 39.8 Å². The van der Waals surface area contributed by atoms with Crippen LogP contribution in [0.15, 0.2) is 48.5 Å². The number of benzene rings is 2. The van der Waals surface area contributed by atoms with Crippen LogP contribution in [0, 0.1) is 0 Å². The van der Waals surface area contributed by atoms with Crippen molar-refractivity contribution in [3.8, 4) is 0 Å². The highest BCUT2D eigenvalue weighted by atomic mass is 32.2. The van der Waals surface area contributed by atoms with Gasteiger partial charge in [-0.3, -0.25) is 0 Å². The largest absolute Gasteiger partial charge is 0.385 e. The van der Waals surface area contributed by atoms with E-state index in [1.807, 2.05) is 20.8 Å². The van der Waals surface area contributed by atoms with Crippen LogP contribution in [-0.4, -0.2) is 44.4 Å². The summed E-state index contributed by atoms with van der Waals surface area (Å²) >= 11 is 1.55. The lowest BCUT2D eigenvalue weighted by Crippen LogP contribution is -2.00. The Hall–Kier alpha value is -1.53. The normalized spacial score (nSPS) is 10.3. The van der Waals surface area contributed by atoms with Crippen LogP contribution in [0.4, 0.5) is 0 Å². The molecule has 0 radical (unpaired) electrons. The summed E-state index contributed by atoms with van der Waals surface area (Å²) in [5.41, 5.74) is 2.61. The number of hydrogen-bond donors (Lipinski definition) is 0. The van der Waals surface area contributed by atoms with E-state index in [9.17, 15) is 0 Å². The van der Waals surface area contributed by atoms with Crippen LogP contribution in [0.3, 0.4) is 0 Å². The summed E-state index contributed by atoms with van der Waals surface area (Å²) in [6.45, 7) is 9.31. The van der Waals surface area contributed by atoms with Crippen molar-refractivity contribution in [1.29, 1.82) is 0 Å². The Kier molecular flexibility index (Phi) is 12.6. The van der Waals surface area contributed by atoms with Gasteiger partial charge in [0.1, 0.15) is 0 Å². The van der Waals surface area contributed by atoms with Gasteiger partial charge in [0, 0.05) is 61.5 Å². The van der Waals surface area contributed by atoms with E-state index in [1.54, 1.807) is 26.3 Å². The monoisotopic (exact) mass is 391 g/mol. The van der Waals surface area contributed by atoms with E-state index in [0.29, 0.717) is 0 Å². The number of ether oxygens (including phenoxy) is 2. The molecule has 27 heavy (non-hydrogen) atoms. The first-order valence-electron chi connectivity index (χ1n) is 9.43. The van der Waals surface area contributed by atoms with Crippen LogP contribution < -0.4 is 0 Å². The minimum absolute atomic E-state index is 0.762. The molecule has 3 aromatic rings. The molecule has 150 valence electrons. The highest BCUT2D eigenvalue weighted by Gasteiger charge is 2.08. The van der Waals surface area contributed by atoms with Crippen LogP contribution >= 0.6 is 12.0 Å². The maximum absolute atomic E-state index is 5.36. The molecule has 1 heterocycles. The van der Waals surface area contributed by atoms with E-state index in [2.05, 4.69) is 62.6 Å². The molecule has 0 N–H and O–H groups in total. The number of fused-ring (bicyclic) bond motifs is 3. The van der Waals surface area contributed by atoms with Gasteiger partial charge in [-0.25, -0.2) is 0 Å². The number of methoxy groups -OCH3 is 2. The zero-order chi connectivity index (χ0) is 19.9. The minimum Gasteiger partial charge on any atom is -0.385 e. The first-order valence-corrected chi connectivity index (χ1v) is 10.3. The highest BCUT2D eigenvalue weighted by molar-refractivity contribution is 7.94. The summed E-state index contributed by atoms with van der Waals surface area (Å²) in [5, 5.41) is 2.67. The molecule has 4 nitrogen and oxygen atoms in total. The van der Waals surface area contributed by atoms with E-state index in [1.165, 1.54) is 21.8 Å². The van der Waals surface area contributed by atoms with Gasteiger partial charge in [0.25, 0.3) is 0 Å². The second kappa shape index (κ2) is 14.5. The van der Waals surface area contributed by atoms with Crippen molar-refractivity contribution in [2.45, 2.75) is 27.3 Å². The molecular weight excluding hydrogens is 358 g/mol. The lowest BCUT2D eigenvalue weighted by molar-refractivity contribution is 0.215. The third kappa shape index (κ3) is 7.54. The summed E-state index contributed by atoms with van der Waals surface area (Å²) in [4.78, 5) is 0. The molecule has 0 bridgehead atoms. The zero-order valence-corrected chi connectivity index (χ0v) is 18.1. The van der Waals surface area contributed by atoms with Crippen LogP contribution in [0.2, 0.25) is 0 Å². The van der Waals surface area contributed by atoms with Gasteiger partial charge in [0.15, 0.2) is 0 Å². The van der Waals surface area contributed by atoms with E-state index in [0.717, 1.165) is 32.1 Å². The van der Waals surface area contributed by atoms with Crippen molar-refractivity contribution in [3.63, 3.8) is 0 Å². The maximum atomic E-state index is 5.36. The maximum Gasteiger partial charge on any atom is 0.0585 e. The molecule has 0 aliphatic rings. The van der Waals surface area contributed by atoms with Crippen LogP contribution in [0.5, 0.6) is 0 Å². The van der Waals surface area contributed by atoms with Crippen molar-refractivity contribution in [3.05, 3.63) is 48.5 Å². The standard InChI is InChI=1S/C16H17NOS.2C3H8O/c1-2-18-19-12-11-17-15-9-5-3-7-13(15)14-8-4-6-10-16(14)17;2*1-3-4-2/h3-10H,2,11-12H2,1H3;2*3H2,1-2H3. The van der Waals surface area contributed by atoms with Gasteiger partial charge in [-0.2, -0.15) is 0 Å². The predicted molar refractivity (Wildman–Crippen MR) is 119 cm³/mol. The lowest BCUT2D eigenvalue weighted by Gasteiger charge is -2.06. The first kappa shape index (κ1) is 23.5. The summed E-state index contributed by atoms with van der Waals surface area (Å²) < 4.78 is 16.8. The number of hydrogen-bond acceptors (Lipinski definition) is 4. The van der Waals surface area contributed by atoms with Crippen molar-refractivity contribution < 1.29 is 13.7 Å². The Labute approximate surface area is 168 Å². The summed E-state index contributed by atoms with van der Waals surface area (Å²) in [5.74, 6) is 0.969. The van der Waals surface area contributed by atoms with Crippen molar-refractivity contribution in [2.24, 2.45) is 0 Å². The van der Waals surface area contributed by atoms with E-state index in [-0.39, 0.29) is 0 Å². The van der Waals surface area contributed by atoms with Gasteiger partial charge in [0.2, 0.25) is 0 Å². The molecular formula is C22H33NO3S. The number of aromatic nitrogens is 1. The molecule has 2 aromatic carbocycles. The summed E-state index contributed by atoms with van der Waals surface area (Å²) in [6.07, 6.45) is 0. The third-order valence-electron chi connectivity index (χ3n) is 3.86. The molecule has 3 rings (SSSR count). The Morgan fingerprint density at radius 2 is 1.19 bits per heavy atom. The average molecular weight is 392 g/mol. The van der Waals surface area contributed by atoms with Gasteiger partial charge in [-0.05, 0) is 44.9 Å². The molecule has 0 aliphatic heterocycles. The summed E-state index contributed by atoms with van der Waals surface area (Å²) in [7, 11) is 3.36. The van der Waals surface area contributed by atoms with Gasteiger partial charge < -0.3 is 18.2 Å². The minimum atomic E-state index is 0.762. The number of aryl methyl sites for hydroxylation is 1. The molecule has 0 unspecified atom stereocenters. The fourth-order valence-electron chi connectivity index (χ4n) is 2.52. The van der Waals surface area contributed by atoms with E-state index < -0.39 is 0 Å². The molecule has 0 aliphatic carbocycles. The van der Waals surface area contributed by atoms with E-state index >= 15 is 0 Å². The molecule has 0 atom stereocenters. The lowest BCUT2D eigenvalue weighted by atomic mass is 10.2. The van der Waals surface area contributed by atoms with Crippen molar-refractivity contribution >= 4 is 33.8 Å². The number of rotatable bonds is 7. The molecule has 0 saturated carbocycles. The Morgan fingerprint density at radius 1 is 0.741 bits per heavy atom. The quantitative estimate of drug-likeness (QED) is 0.377. The Morgan fingerprint density at radius 3 is 1.59 bits per heavy atom. The molecule has 0 spiro atoms. The SMILES string of the molecule is CCOC.CCOC.CCOSCCn1c2ccccc2c2ccccc21. The molecule has 5 heteroatoms. The average Bonchev–Trinajstić information content (AvgIpc) is 3.05. The Balaban J connectivity index is 0.000000390. The third-order valence-corrected chi connectivity index (χ3v) is 4.61. The predicted octanol–water partition coefficient (Wildman–Crippen LogP) is 5.78. The molecule has 1 aromatic heterocycles. The molecule has 0 saturated heterocycles. The highest BCUT2D eigenvalue weighted by Crippen LogP contribution is 2.28. The van der Waals surface area contributed by atoms with E-state index in [4.69, 9.17) is 4.18 Å². The van der Waals surface area contributed by atoms with Crippen LogP contribution in [0.25, 0.3) is 21.8 Å². The molecule has 0 amide bonds. The smallest absolute Gasteiger partial charge is 0.0585 e. The topological polar surface area (TPSA) is 32.6 Å². The first-order chi connectivity index (χ1) is 13.2.